The Bertz CT molecular complexity index is 1120. The Kier molecular flexibility index (Phi) is 4.53. The maximum Gasteiger partial charge on any atom is 0.416 e. The third kappa shape index (κ3) is 3.16. The van der Waals surface area contributed by atoms with Crippen molar-refractivity contribution in [3.63, 3.8) is 0 Å². The van der Waals surface area contributed by atoms with Crippen molar-refractivity contribution in [3.8, 4) is 0 Å². The van der Waals surface area contributed by atoms with Crippen molar-refractivity contribution in [3.05, 3.63) is 71.8 Å². The van der Waals surface area contributed by atoms with Gasteiger partial charge >= 0.3 is 6.18 Å². The second-order valence-electron chi connectivity index (χ2n) is 6.23. The number of furan rings is 1. The molecule has 0 amide bonds. The summed E-state index contributed by atoms with van der Waals surface area (Å²) in [7, 11) is 0. The fourth-order valence-corrected chi connectivity index (χ4v) is 3.92. The number of hydrogen-bond acceptors (Lipinski definition) is 2. The summed E-state index contributed by atoms with van der Waals surface area (Å²) in [5.74, 6) is 0. The zero-order chi connectivity index (χ0) is 19.2. The van der Waals surface area contributed by atoms with Gasteiger partial charge in [0.2, 0.25) is 0 Å². The lowest BCUT2D eigenvalue weighted by molar-refractivity contribution is -0.137. The minimum atomic E-state index is -4.34. The van der Waals surface area contributed by atoms with E-state index in [0.717, 1.165) is 51.7 Å². The van der Waals surface area contributed by atoms with Crippen molar-refractivity contribution in [2.75, 3.05) is 3.11 Å². The number of hydrogen-bond donors (Lipinski definition) is 0. The Hall–Kier alpha value is -2.22. The highest BCUT2D eigenvalue weighted by atomic mass is 127. The van der Waals surface area contributed by atoms with Crippen LogP contribution in [-0.4, -0.2) is 0 Å². The van der Waals surface area contributed by atoms with Gasteiger partial charge in [-0.25, -0.2) is 0 Å². The molecule has 1 heterocycles. The predicted molar refractivity (Wildman–Crippen MR) is 111 cm³/mol. The fraction of sp³-hybridized carbons (Fsp3) is 0.143. The summed E-state index contributed by atoms with van der Waals surface area (Å²) in [6.45, 7) is 2.08. The summed E-state index contributed by atoms with van der Waals surface area (Å²) in [6.07, 6.45) is -3.48. The molecule has 0 aliphatic rings. The second-order valence-corrected chi connectivity index (χ2v) is 7.19. The summed E-state index contributed by atoms with van der Waals surface area (Å²) >= 11 is 2.09. The van der Waals surface area contributed by atoms with Gasteiger partial charge in [0.15, 0.2) is 5.58 Å². The molecule has 0 saturated carbocycles. The molecular formula is C21H15F3INO. The predicted octanol–water partition coefficient (Wildman–Crippen LogP) is 7.66. The van der Waals surface area contributed by atoms with Crippen LogP contribution in [0.3, 0.4) is 0 Å². The number of aryl methyl sites for hydroxylation is 1. The first-order valence-electron chi connectivity index (χ1n) is 8.46. The van der Waals surface area contributed by atoms with Gasteiger partial charge in [-0.3, -0.25) is 3.11 Å². The molecule has 0 fully saturated rings. The zero-order valence-electron chi connectivity index (χ0n) is 14.3. The molecule has 1 aromatic heterocycles. The van der Waals surface area contributed by atoms with Crippen molar-refractivity contribution in [1.82, 2.24) is 0 Å². The molecule has 0 aliphatic carbocycles. The highest BCUT2D eigenvalue weighted by molar-refractivity contribution is 14.1. The van der Waals surface area contributed by atoms with Crippen LogP contribution in [0.4, 0.5) is 24.5 Å². The van der Waals surface area contributed by atoms with E-state index in [-0.39, 0.29) is 0 Å². The van der Waals surface area contributed by atoms with Crippen LogP contribution in [0.5, 0.6) is 0 Å². The number of benzene rings is 3. The van der Waals surface area contributed by atoms with Gasteiger partial charge in [-0.1, -0.05) is 37.3 Å². The van der Waals surface area contributed by atoms with Gasteiger partial charge in [0, 0.05) is 10.8 Å². The smallest absolute Gasteiger partial charge is 0.416 e. The van der Waals surface area contributed by atoms with Gasteiger partial charge in [-0.15, -0.1) is 0 Å². The van der Waals surface area contributed by atoms with Crippen molar-refractivity contribution in [1.29, 1.82) is 0 Å². The van der Waals surface area contributed by atoms with Gasteiger partial charge < -0.3 is 4.42 Å². The lowest BCUT2D eigenvalue weighted by Crippen LogP contribution is -2.06. The van der Waals surface area contributed by atoms with Crippen LogP contribution in [0.15, 0.2) is 65.1 Å². The van der Waals surface area contributed by atoms with E-state index in [1.165, 1.54) is 12.1 Å². The van der Waals surface area contributed by atoms with Crippen molar-refractivity contribution < 1.29 is 17.6 Å². The van der Waals surface area contributed by atoms with E-state index in [1.807, 2.05) is 39.5 Å². The van der Waals surface area contributed by atoms with Crippen molar-refractivity contribution in [2.24, 2.45) is 0 Å². The van der Waals surface area contributed by atoms with Crippen LogP contribution in [-0.2, 0) is 12.6 Å². The van der Waals surface area contributed by atoms with Gasteiger partial charge in [0.05, 0.1) is 39.8 Å². The number of fused-ring (bicyclic) bond motifs is 3. The largest absolute Gasteiger partial charge is 0.454 e. The third-order valence-electron chi connectivity index (χ3n) is 4.60. The summed E-state index contributed by atoms with van der Waals surface area (Å²) in [5.41, 5.74) is 3.50. The number of rotatable bonds is 3. The van der Waals surface area contributed by atoms with Gasteiger partial charge in [-0.05, 0) is 42.3 Å². The van der Waals surface area contributed by atoms with Crippen molar-refractivity contribution >= 4 is 56.2 Å². The van der Waals surface area contributed by atoms with Crippen LogP contribution >= 0.6 is 22.9 Å². The Balaban J connectivity index is 1.83. The molecule has 4 aromatic rings. The zero-order valence-corrected chi connectivity index (χ0v) is 16.5. The molecule has 0 atom stereocenters. The lowest BCUT2D eigenvalue weighted by atomic mass is 10.1. The Morgan fingerprint density at radius 2 is 1.52 bits per heavy atom. The van der Waals surface area contributed by atoms with Crippen molar-refractivity contribution in [2.45, 2.75) is 19.5 Å². The van der Waals surface area contributed by atoms with E-state index in [1.54, 1.807) is 0 Å². The molecule has 0 N–H and O–H groups in total. The molecule has 0 unspecified atom stereocenters. The van der Waals surface area contributed by atoms with Crippen LogP contribution in [0.25, 0.3) is 21.9 Å². The first kappa shape index (κ1) is 18.2. The molecule has 27 heavy (non-hydrogen) atoms. The summed E-state index contributed by atoms with van der Waals surface area (Å²) in [5, 5.41) is 2.04. The van der Waals surface area contributed by atoms with E-state index in [4.69, 9.17) is 4.42 Å². The fourth-order valence-electron chi connectivity index (χ4n) is 3.22. The number of nitrogens with zero attached hydrogens (tertiary/aromatic N) is 1. The lowest BCUT2D eigenvalue weighted by Gasteiger charge is -2.17. The minimum Gasteiger partial charge on any atom is -0.454 e. The quantitative estimate of drug-likeness (QED) is 0.221. The van der Waals surface area contributed by atoms with Gasteiger partial charge in [-0.2, -0.15) is 13.2 Å². The van der Waals surface area contributed by atoms with E-state index >= 15 is 0 Å². The van der Waals surface area contributed by atoms with Crippen LogP contribution in [0, 0.1) is 0 Å². The Morgan fingerprint density at radius 1 is 0.889 bits per heavy atom. The molecule has 0 spiro atoms. The number of para-hydroxylation sites is 2. The number of anilines is 2. The van der Waals surface area contributed by atoms with E-state index in [0.29, 0.717) is 5.69 Å². The van der Waals surface area contributed by atoms with E-state index < -0.39 is 11.7 Å². The monoisotopic (exact) mass is 481 g/mol. The molecule has 6 heteroatoms. The highest BCUT2D eigenvalue weighted by Crippen LogP contribution is 2.41. The molecular weight excluding hydrogens is 466 g/mol. The molecule has 0 aliphatic heterocycles. The van der Waals surface area contributed by atoms with Gasteiger partial charge in [0.1, 0.15) is 5.58 Å². The van der Waals surface area contributed by atoms with E-state index in [9.17, 15) is 13.2 Å². The van der Waals surface area contributed by atoms with E-state index in [2.05, 4.69) is 29.8 Å². The van der Waals surface area contributed by atoms with Gasteiger partial charge in [0.25, 0.3) is 0 Å². The minimum absolute atomic E-state index is 0.646. The normalized spacial score (nSPS) is 12.0. The summed E-state index contributed by atoms with van der Waals surface area (Å²) < 4.78 is 46.4. The Labute approximate surface area is 168 Å². The first-order chi connectivity index (χ1) is 12.9. The average Bonchev–Trinajstić information content (AvgIpc) is 3.05. The molecule has 0 bridgehead atoms. The summed E-state index contributed by atoms with van der Waals surface area (Å²) in [6, 6.07) is 17.0. The maximum absolute atomic E-state index is 12.8. The number of halogens is 4. The van der Waals surface area contributed by atoms with Crippen LogP contribution in [0.1, 0.15) is 18.1 Å². The molecule has 138 valence electrons. The standard InChI is InChI=1S/C21H15F3INO/c1-2-13-5-3-6-16-17-7-4-8-18(20(17)27-19(13)16)26(25)15-11-9-14(10-12-15)21(22,23)24/h3-12H,2H2,1H3. The van der Waals surface area contributed by atoms with Crippen LogP contribution < -0.4 is 3.11 Å². The second kappa shape index (κ2) is 6.74. The highest BCUT2D eigenvalue weighted by Gasteiger charge is 2.30. The van der Waals surface area contributed by atoms with Crippen LogP contribution in [0.2, 0.25) is 0 Å². The molecule has 0 saturated heterocycles. The third-order valence-corrected chi connectivity index (χ3v) is 5.68. The first-order valence-corrected chi connectivity index (χ1v) is 9.43. The SMILES string of the molecule is CCc1cccc2c1oc1c(N(I)c3ccc(C(F)(F)F)cc3)cccc12. The summed E-state index contributed by atoms with van der Waals surface area (Å²) in [4.78, 5) is 0. The topological polar surface area (TPSA) is 16.4 Å². The average molecular weight is 481 g/mol. The molecule has 2 nitrogen and oxygen atoms in total. The molecule has 3 aromatic carbocycles. The number of alkyl halides is 3. The maximum atomic E-state index is 12.8. The molecule has 0 radical (unpaired) electrons. The molecule has 4 rings (SSSR count). The Morgan fingerprint density at radius 3 is 2.15 bits per heavy atom.